The highest BCUT2D eigenvalue weighted by Crippen LogP contribution is 2.32. The van der Waals surface area contributed by atoms with Gasteiger partial charge in [0.1, 0.15) is 5.82 Å². The van der Waals surface area contributed by atoms with E-state index in [2.05, 4.69) is 22.9 Å². The Bertz CT molecular complexity index is 864. The monoisotopic (exact) mass is 355 g/mol. The van der Waals surface area contributed by atoms with E-state index >= 15 is 0 Å². The molecule has 6 heteroatoms. The van der Waals surface area contributed by atoms with Crippen molar-refractivity contribution in [3.63, 3.8) is 0 Å². The van der Waals surface area contributed by atoms with Gasteiger partial charge in [-0.1, -0.05) is 0 Å². The van der Waals surface area contributed by atoms with Crippen molar-refractivity contribution in [1.82, 2.24) is 0 Å². The molecular formula is C20H22FN3O2. The van der Waals surface area contributed by atoms with Gasteiger partial charge in [0.15, 0.2) is 0 Å². The Kier molecular flexibility index (Phi) is 5.23. The van der Waals surface area contributed by atoms with Crippen molar-refractivity contribution < 1.29 is 13.9 Å². The minimum absolute atomic E-state index is 0.207. The van der Waals surface area contributed by atoms with Gasteiger partial charge in [-0.3, -0.25) is 4.79 Å². The molecule has 0 saturated carbocycles. The van der Waals surface area contributed by atoms with E-state index in [-0.39, 0.29) is 17.8 Å². The van der Waals surface area contributed by atoms with E-state index in [1.54, 1.807) is 19.4 Å². The zero-order valence-corrected chi connectivity index (χ0v) is 15.0. The molecule has 1 aliphatic rings. The minimum Gasteiger partial charge on any atom is -0.383 e. The van der Waals surface area contributed by atoms with Gasteiger partial charge in [-0.2, -0.15) is 0 Å². The number of nitrogens with one attached hydrogen (secondary N) is 3. The molecule has 1 unspecified atom stereocenters. The molecule has 3 N–H and O–H groups in total. The Morgan fingerprint density at radius 2 is 2.08 bits per heavy atom. The molecular weight excluding hydrogens is 333 g/mol. The zero-order valence-electron chi connectivity index (χ0n) is 15.0. The van der Waals surface area contributed by atoms with E-state index in [1.165, 1.54) is 12.1 Å². The molecule has 0 aliphatic carbocycles. The molecule has 0 spiro atoms. The predicted octanol–water partition coefficient (Wildman–Crippen LogP) is 3.99. The Labute approximate surface area is 152 Å². The SMILES string of the molecule is COCC(C)Nc1ccc(N/C=C2/C(=O)Nc3cc(F)ccc32)cc1C. The van der Waals surface area contributed by atoms with Crippen molar-refractivity contribution in [3.05, 3.63) is 59.5 Å². The highest BCUT2D eigenvalue weighted by atomic mass is 19.1. The lowest BCUT2D eigenvalue weighted by molar-refractivity contribution is -0.110. The molecule has 5 nitrogen and oxygen atoms in total. The van der Waals surface area contributed by atoms with Crippen LogP contribution in [-0.2, 0) is 9.53 Å². The van der Waals surface area contributed by atoms with Gasteiger partial charge in [0.25, 0.3) is 5.91 Å². The lowest BCUT2D eigenvalue weighted by Gasteiger charge is -2.17. The van der Waals surface area contributed by atoms with E-state index in [0.717, 1.165) is 16.9 Å². The molecule has 3 rings (SSSR count). The molecule has 1 heterocycles. The molecule has 26 heavy (non-hydrogen) atoms. The highest BCUT2D eigenvalue weighted by molar-refractivity contribution is 6.31. The summed E-state index contributed by atoms with van der Waals surface area (Å²) in [6.07, 6.45) is 1.65. The smallest absolute Gasteiger partial charge is 0.257 e. The maximum atomic E-state index is 13.3. The summed E-state index contributed by atoms with van der Waals surface area (Å²) < 4.78 is 18.4. The number of hydrogen-bond acceptors (Lipinski definition) is 4. The number of ether oxygens (including phenoxy) is 1. The predicted molar refractivity (Wildman–Crippen MR) is 103 cm³/mol. The maximum absolute atomic E-state index is 13.3. The van der Waals surface area contributed by atoms with Crippen LogP contribution in [0.2, 0.25) is 0 Å². The van der Waals surface area contributed by atoms with Gasteiger partial charge in [-0.15, -0.1) is 0 Å². The normalized spacial score (nSPS) is 15.5. The van der Waals surface area contributed by atoms with E-state index in [1.807, 2.05) is 25.1 Å². The van der Waals surface area contributed by atoms with Gasteiger partial charge in [-0.25, -0.2) is 4.39 Å². The fourth-order valence-corrected chi connectivity index (χ4v) is 2.94. The summed E-state index contributed by atoms with van der Waals surface area (Å²) in [6, 6.07) is 10.4. The third-order valence-electron chi connectivity index (χ3n) is 4.19. The Hall–Kier alpha value is -2.86. The molecule has 1 atom stereocenters. The number of carbonyl (C=O) groups excluding carboxylic acids is 1. The molecule has 1 aliphatic heterocycles. The lowest BCUT2D eigenvalue weighted by atomic mass is 10.1. The van der Waals surface area contributed by atoms with Gasteiger partial charge in [0.2, 0.25) is 0 Å². The summed E-state index contributed by atoms with van der Waals surface area (Å²) in [7, 11) is 1.68. The third kappa shape index (κ3) is 3.86. The molecule has 2 aromatic rings. The molecule has 0 saturated heterocycles. The molecule has 0 radical (unpaired) electrons. The van der Waals surface area contributed by atoms with E-state index in [9.17, 15) is 9.18 Å². The van der Waals surface area contributed by atoms with Crippen molar-refractivity contribution in [2.24, 2.45) is 0 Å². The van der Waals surface area contributed by atoms with Crippen molar-refractivity contribution in [3.8, 4) is 0 Å². The molecule has 0 aromatic heterocycles. The van der Waals surface area contributed by atoms with Gasteiger partial charge in [0.05, 0.1) is 17.9 Å². The Morgan fingerprint density at radius 3 is 2.81 bits per heavy atom. The van der Waals surface area contributed by atoms with Gasteiger partial charge in [-0.05, 0) is 55.8 Å². The van der Waals surface area contributed by atoms with E-state index in [4.69, 9.17) is 4.74 Å². The largest absolute Gasteiger partial charge is 0.383 e. The van der Waals surface area contributed by atoms with Crippen LogP contribution >= 0.6 is 0 Å². The summed E-state index contributed by atoms with van der Waals surface area (Å²) >= 11 is 0. The number of hydrogen-bond donors (Lipinski definition) is 3. The summed E-state index contributed by atoms with van der Waals surface area (Å²) in [6.45, 7) is 4.69. The number of rotatable bonds is 6. The lowest BCUT2D eigenvalue weighted by Crippen LogP contribution is -2.21. The Morgan fingerprint density at radius 1 is 1.27 bits per heavy atom. The van der Waals surface area contributed by atoms with Crippen LogP contribution in [0.3, 0.4) is 0 Å². The van der Waals surface area contributed by atoms with Gasteiger partial charge < -0.3 is 20.7 Å². The number of methoxy groups -OCH3 is 1. The Balaban J connectivity index is 1.75. The first-order valence-electron chi connectivity index (χ1n) is 8.42. The van der Waals surface area contributed by atoms with Crippen LogP contribution in [0.25, 0.3) is 5.57 Å². The van der Waals surface area contributed by atoms with E-state index in [0.29, 0.717) is 23.4 Å². The summed E-state index contributed by atoms with van der Waals surface area (Å²) in [4.78, 5) is 12.1. The number of fused-ring (bicyclic) bond motifs is 1. The van der Waals surface area contributed by atoms with Crippen molar-refractivity contribution in [2.45, 2.75) is 19.9 Å². The van der Waals surface area contributed by atoms with Crippen molar-refractivity contribution >= 4 is 28.5 Å². The zero-order chi connectivity index (χ0) is 18.7. The van der Waals surface area contributed by atoms with Gasteiger partial charge >= 0.3 is 0 Å². The topological polar surface area (TPSA) is 62.4 Å². The molecule has 2 aromatic carbocycles. The maximum Gasteiger partial charge on any atom is 0.257 e. The van der Waals surface area contributed by atoms with Gasteiger partial charge in [0, 0.05) is 36.3 Å². The number of benzene rings is 2. The number of amides is 1. The molecule has 0 fully saturated rings. The number of halogens is 1. The van der Waals surface area contributed by atoms with E-state index < -0.39 is 0 Å². The summed E-state index contributed by atoms with van der Waals surface area (Å²) in [5.74, 6) is -0.624. The molecule has 0 bridgehead atoms. The van der Waals surface area contributed by atoms with Crippen molar-refractivity contribution in [2.75, 3.05) is 29.7 Å². The second kappa shape index (κ2) is 7.58. The quantitative estimate of drug-likeness (QED) is 0.686. The van der Waals surface area contributed by atoms with Crippen LogP contribution in [-0.4, -0.2) is 25.7 Å². The second-order valence-electron chi connectivity index (χ2n) is 6.38. The van der Waals surface area contributed by atoms with Crippen LogP contribution in [0.1, 0.15) is 18.1 Å². The number of aryl methyl sites for hydroxylation is 1. The summed E-state index contributed by atoms with van der Waals surface area (Å²) in [5.41, 5.74) is 4.64. The fraction of sp³-hybridized carbons (Fsp3) is 0.250. The standard InChI is InChI=1S/C20H22FN3O2/c1-12-8-15(5-7-18(12)23-13(2)11-26-3)22-10-17-16-6-4-14(21)9-19(16)24-20(17)25/h4-10,13,22-23H,11H2,1-3H3,(H,24,25)/b17-10+. The minimum atomic E-state index is -0.375. The number of carbonyl (C=O) groups is 1. The third-order valence-corrected chi connectivity index (χ3v) is 4.19. The first kappa shape index (κ1) is 17.9. The molecule has 136 valence electrons. The highest BCUT2D eigenvalue weighted by Gasteiger charge is 2.24. The van der Waals surface area contributed by atoms with Crippen molar-refractivity contribution in [1.29, 1.82) is 0 Å². The molecule has 1 amide bonds. The summed E-state index contributed by atoms with van der Waals surface area (Å²) in [5, 5.41) is 9.21. The average Bonchev–Trinajstić information content (AvgIpc) is 2.89. The van der Waals surface area contributed by atoms with Crippen LogP contribution < -0.4 is 16.0 Å². The fourth-order valence-electron chi connectivity index (χ4n) is 2.94. The van der Waals surface area contributed by atoms with Crippen LogP contribution in [0.5, 0.6) is 0 Å². The average molecular weight is 355 g/mol. The number of anilines is 3. The van der Waals surface area contributed by atoms with Crippen LogP contribution in [0.15, 0.2) is 42.6 Å². The van der Waals surface area contributed by atoms with Crippen LogP contribution in [0.4, 0.5) is 21.5 Å². The first-order valence-corrected chi connectivity index (χ1v) is 8.42. The first-order chi connectivity index (χ1) is 12.5. The second-order valence-corrected chi connectivity index (χ2v) is 6.38. The van der Waals surface area contributed by atoms with Crippen LogP contribution in [0, 0.1) is 12.7 Å².